The normalized spacial score (nSPS) is 18.9. The standard InChI is InChI=1S/C27H32N4O6/c1-2-35-25(32)21-12-14-30(15-13-21)16-23-17-31(27(34)37-23)22-10-8-20(9-11-22)24(28)29-26(33)36-18-19-6-4-3-5-7-19/h3-11,21,23H,2,12-18H2,1H3,(H2,28,29,33). The molecule has 0 spiro atoms. The van der Waals surface area contributed by atoms with E-state index in [0.29, 0.717) is 30.9 Å². The average Bonchev–Trinajstić information content (AvgIpc) is 3.28. The Labute approximate surface area is 216 Å². The third-order valence-corrected chi connectivity index (χ3v) is 6.44. The number of ether oxygens (including phenoxy) is 3. The molecule has 0 aromatic heterocycles. The van der Waals surface area contributed by atoms with Crippen LogP contribution in [0.15, 0.2) is 59.6 Å². The lowest BCUT2D eigenvalue weighted by Crippen LogP contribution is -2.41. The fourth-order valence-corrected chi connectivity index (χ4v) is 4.45. The number of esters is 1. The molecule has 0 saturated carbocycles. The summed E-state index contributed by atoms with van der Waals surface area (Å²) in [4.78, 5) is 44.0. The van der Waals surface area contributed by atoms with E-state index in [1.54, 1.807) is 29.2 Å². The molecule has 2 aromatic rings. The van der Waals surface area contributed by atoms with Gasteiger partial charge in [-0.2, -0.15) is 4.99 Å². The first-order valence-electron chi connectivity index (χ1n) is 12.5. The van der Waals surface area contributed by atoms with Crippen LogP contribution in [0.4, 0.5) is 15.3 Å². The van der Waals surface area contributed by atoms with Crippen molar-refractivity contribution in [3.05, 3.63) is 65.7 Å². The van der Waals surface area contributed by atoms with Gasteiger partial charge in [0.2, 0.25) is 0 Å². The second-order valence-corrected chi connectivity index (χ2v) is 9.03. The first-order chi connectivity index (χ1) is 17.9. The van der Waals surface area contributed by atoms with Crippen molar-refractivity contribution < 1.29 is 28.6 Å². The van der Waals surface area contributed by atoms with Crippen LogP contribution in [0.3, 0.4) is 0 Å². The van der Waals surface area contributed by atoms with Gasteiger partial charge in [-0.1, -0.05) is 30.3 Å². The van der Waals surface area contributed by atoms with E-state index in [2.05, 4.69) is 9.89 Å². The van der Waals surface area contributed by atoms with Gasteiger partial charge in [-0.3, -0.25) is 14.6 Å². The third-order valence-electron chi connectivity index (χ3n) is 6.44. The molecule has 2 saturated heterocycles. The van der Waals surface area contributed by atoms with Crippen LogP contribution in [0.5, 0.6) is 0 Å². The number of hydrogen-bond donors (Lipinski definition) is 1. The number of aliphatic imine (C=N–C) groups is 1. The molecule has 2 aliphatic rings. The van der Waals surface area contributed by atoms with Gasteiger partial charge in [0.25, 0.3) is 0 Å². The molecule has 0 bridgehead atoms. The molecule has 0 aliphatic carbocycles. The average molecular weight is 509 g/mol. The van der Waals surface area contributed by atoms with E-state index in [9.17, 15) is 14.4 Å². The fourth-order valence-electron chi connectivity index (χ4n) is 4.45. The van der Waals surface area contributed by atoms with E-state index in [-0.39, 0.29) is 30.4 Å². The zero-order valence-electron chi connectivity index (χ0n) is 20.9. The molecule has 196 valence electrons. The molecule has 37 heavy (non-hydrogen) atoms. The smallest absolute Gasteiger partial charge is 0.435 e. The number of rotatable bonds is 8. The topological polar surface area (TPSA) is 124 Å². The maximum absolute atomic E-state index is 12.5. The highest BCUT2D eigenvalue weighted by atomic mass is 16.6. The lowest BCUT2D eigenvalue weighted by Gasteiger charge is -2.31. The summed E-state index contributed by atoms with van der Waals surface area (Å²) < 4.78 is 15.8. The van der Waals surface area contributed by atoms with Crippen molar-refractivity contribution in [2.45, 2.75) is 32.5 Å². The van der Waals surface area contributed by atoms with Gasteiger partial charge in [0.1, 0.15) is 18.5 Å². The number of carbonyl (C=O) groups is 3. The lowest BCUT2D eigenvalue weighted by atomic mass is 9.97. The number of benzene rings is 2. The Morgan fingerprint density at radius 3 is 2.43 bits per heavy atom. The van der Waals surface area contributed by atoms with E-state index in [4.69, 9.17) is 19.9 Å². The number of likely N-dealkylation sites (tertiary alicyclic amines) is 1. The molecule has 2 aromatic carbocycles. The Kier molecular flexibility index (Phi) is 8.73. The molecule has 2 fully saturated rings. The number of amidine groups is 1. The highest BCUT2D eigenvalue weighted by Crippen LogP contribution is 2.24. The van der Waals surface area contributed by atoms with Crippen molar-refractivity contribution >= 4 is 29.7 Å². The zero-order chi connectivity index (χ0) is 26.2. The van der Waals surface area contributed by atoms with Gasteiger partial charge < -0.3 is 19.9 Å². The van der Waals surface area contributed by atoms with Crippen LogP contribution in [0.2, 0.25) is 0 Å². The van der Waals surface area contributed by atoms with E-state index < -0.39 is 12.2 Å². The first kappa shape index (κ1) is 26.2. The van der Waals surface area contributed by atoms with E-state index in [1.165, 1.54) is 0 Å². The number of hydrogen-bond acceptors (Lipinski definition) is 7. The Morgan fingerprint density at radius 1 is 1.05 bits per heavy atom. The van der Waals surface area contributed by atoms with Gasteiger partial charge in [-0.25, -0.2) is 9.59 Å². The minimum Gasteiger partial charge on any atom is -0.466 e. The monoisotopic (exact) mass is 508 g/mol. The molecule has 2 N–H and O–H groups in total. The summed E-state index contributed by atoms with van der Waals surface area (Å²) in [6, 6.07) is 16.2. The molecular weight excluding hydrogens is 476 g/mol. The third kappa shape index (κ3) is 7.07. The Bertz CT molecular complexity index is 1110. The van der Waals surface area contributed by atoms with E-state index in [1.807, 2.05) is 37.3 Å². The molecular formula is C27H32N4O6. The molecule has 2 amide bonds. The summed E-state index contributed by atoms with van der Waals surface area (Å²) in [5, 5.41) is 0. The summed E-state index contributed by atoms with van der Waals surface area (Å²) >= 11 is 0. The highest BCUT2D eigenvalue weighted by molar-refractivity contribution is 6.03. The summed E-state index contributed by atoms with van der Waals surface area (Å²) in [5.41, 5.74) is 8.03. The number of amides is 2. The number of cyclic esters (lactones) is 1. The number of piperidine rings is 1. The highest BCUT2D eigenvalue weighted by Gasteiger charge is 2.35. The van der Waals surface area contributed by atoms with Gasteiger partial charge in [0.15, 0.2) is 0 Å². The molecule has 10 heteroatoms. The van der Waals surface area contributed by atoms with Crippen LogP contribution >= 0.6 is 0 Å². The second kappa shape index (κ2) is 12.4. The quantitative estimate of drug-likeness (QED) is 0.249. The fraction of sp³-hybridized carbons (Fsp3) is 0.407. The zero-order valence-corrected chi connectivity index (χ0v) is 20.9. The molecule has 2 aliphatic heterocycles. The van der Waals surface area contributed by atoms with Crippen molar-refractivity contribution in [1.29, 1.82) is 0 Å². The van der Waals surface area contributed by atoms with Crippen LogP contribution < -0.4 is 10.6 Å². The first-order valence-corrected chi connectivity index (χ1v) is 12.5. The van der Waals surface area contributed by atoms with Gasteiger partial charge in [-0.15, -0.1) is 0 Å². The SMILES string of the molecule is CCOC(=O)C1CCN(CC2CN(c3ccc(C(N)=NC(=O)OCc4ccccc4)cc3)C(=O)O2)CC1. The lowest BCUT2D eigenvalue weighted by molar-refractivity contribution is -0.149. The largest absolute Gasteiger partial charge is 0.466 e. The molecule has 10 nitrogen and oxygen atoms in total. The van der Waals surface area contributed by atoms with Crippen molar-refractivity contribution in [2.75, 3.05) is 37.7 Å². The molecule has 1 unspecified atom stereocenters. The summed E-state index contributed by atoms with van der Waals surface area (Å²) in [5.74, 6) is -0.157. The maximum atomic E-state index is 12.5. The van der Waals surface area contributed by atoms with Crippen LogP contribution in [-0.2, 0) is 25.6 Å². The van der Waals surface area contributed by atoms with Crippen LogP contribution in [0.1, 0.15) is 30.9 Å². The van der Waals surface area contributed by atoms with Crippen LogP contribution in [-0.4, -0.2) is 67.8 Å². The van der Waals surface area contributed by atoms with Crippen molar-refractivity contribution in [3.63, 3.8) is 0 Å². The minimum atomic E-state index is -0.775. The van der Waals surface area contributed by atoms with Crippen LogP contribution in [0.25, 0.3) is 0 Å². The van der Waals surface area contributed by atoms with Crippen LogP contribution in [0, 0.1) is 5.92 Å². The number of nitrogens with two attached hydrogens (primary N) is 1. The summed E-state index contributed by atoms with van der Waals surface area (Å²) in [6.07, 6.45) is 0.0336. The Balaban J connectivity index is 1.27. The Morgan fingerprint density at radius 2 is 1.76 bits per heavy atom. The molecule has 4 rings (SSSR count). The van der Waals surface area contributed by atoms with Gasteiger partial charge in [-0.05, 0) is 62.7 Å². The van der Waals surface area contributed by atoms with E-state index in [0.717, 1.165) is 31.5 Å². The minimum absolute atomic E-state index is 0.0257. The number of anilines is 1. The Hall–Kier alpha value is -3.92. The molecule has 0 radical (unpaired) electrons. The predicted octanol–water partition coefficient (Wildman–Crippen LogP) is 3.33. The maximum Gasteiger partial charge on any atom is 0.435 e. The molecule has 2 heterocycles. The van der Waals surface area contributed by atoms with Crippen molar-refractivity contribution in [2.24, 2.45) is 16.6 Å². The van der Waals surface area contributed by atoms with E-state index >= 15 is 0 Å². The van der Waals surface area contributed by atoms with Gasteiger partial charge in [0.05, 0.1) is 19.1 Å². The summed E-state index contributed by atoms with van der Waals surface area (Å²) in [6.45, 7) is 4.88. The molecule has 1 atom stereocenters. The van der Waals surface area contributed by atoms with Crippen molar-refractivity contribution in [1.82, 2.24) is 4.90 Å². The van der Waals surface area contributed by atoms with Gasteiger partial charge in [0, 0.05) is 17.8 Å². The number of carbonyl (C=O) groups excluding carboxylic acids is 3. The van der Waals surface area contributed by atoms with Crippen molar-refractivity contribution in [3.8, 4) is 0 Å². The number of nitrogens with zero attached hydrogens (tertiary/aromatic N) is 3. The predicted molar refractivity (Wildman–Crippen MR) is 137 cm³/mol. The summed E-state index contributed by atoms with van der Waals surface area (Å²) in [7, 11) is 0. The van der Waals surface area contributed by atoms with Gasteiger partial charge >= 0.3 is 18.2 Å². The second-order valence-electron chi connectivity index (χ2n) is 9.03.